The van der Waals surface area contributed by atoms with E-state index >= 15 is 0 Å². The maximum absolute atomic E-state index is 13.3. The van der Waals surface area contributed by atoms with Crippen LogP contribution < -0.4 is 5.32 Å². The summed E-state index contributed by atoms with van der Waals surface area (Å²) in [6.45, 7) is 3.83. The maximum Gasteiger partial charge on any atom is 0.335 e. The molecule has 0 saturated carbocycles. The first-order valence-corrected chi connectivity index (χ1v) is 8.11. The molecule has 4 nitrogen and oxygen atoms in total. The number of allylic oxidation sites excluding steroid dienone is 1. The number of carboxylic acids is 1. The number of benzene rings is 2. The Hall–Kier alpha value is -2.95. The average molecular weight is 338 g/mol. The van der Waals surface area contributed by atoms with Crippen molar-refractivity contribution >= 4 is 11.8 Å². The number of hydrogen-bond donors (Lipinski definition) is 2. The highest BCUT2D eigenvalue weighted by Crippen LogP contribution is 2.32. The number of carboxylic acid groups (broad SMARTS) is 1. The molecular formula is C20H19FN2O2. The Bertz CT molecular complexity index is 840. The van der Waals surface area contributed by atoms with Crippen LogP contribution in [0.2, 0.25) is 0 Å². The predicted molar refractivity (Wildman–Crippen MR) is 94.8 cm³/mol. The lowest BCUT2D eigenvalue weighted by Gasteiger charge is -2.29. The quantitative estimate of drug-likeness (QED) is 0.888. The summed E-state index contributed by atoms with van der Waals surface area (Å²) in [7, 11) is 0. The first-order valence-electron chi connectivity index (χ1n) is 8.11. The molecule has 5 heteroatoms. The van der Waals surface area contributed by atoms with Gasteiger partial charge in [-0.2, -0.15) is 0 Å². The van der Waals surface area contributed by atoms with Crippen molar-refractivity contribution in [2.45, 2.75) is 19.9 Å². The Labute approximate surface area is 145 Å². The summed E-state index contributed by atoms with van der Waals surface area (Å²) in [6, 6.07) is 14.8. The molecule has 2 N–H and O–H groups in total. The minimum atomic E-state index is -1.03. The molecule has 0 spiro atoms. The molecule has 0 aliphatic carbocycles. The molecule has 1 aliphatic rings. The van der Waals surface area contributed by atoms with Gasteiger partial charge in [0, 0.05) is 5.56 Å². The highest BCUT2D eigenvalue weighted by Gasteiger charge is 2.32. The number of amidine groups is 1. The summed E-state index contributed by atoms with van der Waals surface area (Å²) < 4.78 is 13.3. The summed E-state index contributed by atoms with van der Waals surface area (Å²) in [5, 5.41) is 13.0. The van der Waals surface area contributed by atoms with Crippen molar-refractivity contribution in [2.75, 3.05) is 0 Å². The fourth-order valence-electron chi connectivity index (χ4n) is 2.89. The molecule has 2 aromatic rings. The van der Waals surface area contributed by atoms with E-state index in [-0.39, 0.29) is 17.3 Å². The lowest BCUT2D eigenvalue weighted by Crippen LogP contribution is -2.37. The predicted octanol–water partition coefficient (Wildman–Crippen LogP) is 3.91. The number of nitrogens with one attached hydrogen (secondary N) is 1. The van der Waals surface area contributed by atoms with Crippen LogP contribution in [0.4, 0.5) is 4.39 Å². The third kappa shape index (κ3) is 3.45. The Morgan fingerprint density at radius 3 is 2.32 bits per heavy atom. The topological polar surface area (TPSA) is 61.7 Å². The molecule has 1 aliphatic heterocycles. The monoisotopic (exact) mass is 338 g/mol. The van der Waals surface area contributed by atoms with Crippen LogP contribution in [0.1, 0.15) is 31.0 Å². The number of hydrogen-bond acceptors (Lipinski definition) is 3. The van der Waals surface area contributed by atoms with Crippen molar-refractivity contribution < 1.29 is 14.3 Å². The molecule has 128 valence electrons. The molecule has 25 heavy (non-hydrogen) atoms. The van der Waals surface area contributed by atoms with Gasteiger partial charge in [-0.05, 0) is 23.6 Å². The van der Waals surface area contributed by atoms with Gasteiger partial charge in [0.15, 0.2) is 0 Å². The van der Waals surface area contributed by atoms with Crippen LogP contribution in [0.5, 0.6) is 0 Å². The molecule has 0 bridgehead atoms. The summed E-state index contributed by atoms with van der Waals surface area (Å²) in [6.07, 6.45) is 0. The lowest BCUT2D eigenvalue weighted by atomic mass is 9.91. The van der Waals surface area contributed by atoms with E-state index in [2.05, 4.69) is 10.3 Å². The number of rotatable bonds is 4. The standard InChI is InChI=1S/C20H19FN2O2/c1-12(2)17-16(20(24)25)18(13-8-10-15(21)11-9-13)23-19(22-17)14-6-4-3-5-7-14/h3-12,18H,1-2H3,(H,22,23)(H,24,25). The van der Waals surface area contributed by atoms with E-state index in [4.69, 9.17) is 0 Å². The van der Waals surface area contributed by atoms with E-state index < -0.39 is 12.0 Å². The van der Waals surface area contributed by atoms with Crippen molar-refractivity contribution in [3.8, 4) is 0 Å². The van der Waals surface area contributed by atoms with Crippen LogP contribution in [0.3, 0.4) is 0 Å². The van der Waals surface area contributed by atoms with Crippen molar-refractivity contribution in [1.82, 2.24) is 5.32 Å². The van der Waals surface area contributed by atoms with Gasteiger partial charge in [0.25, 0.3) is 0 Å². The van der Waals surface area contributed by atoms with Gasteiger partial charge in [-0.25, -0.2) is 14.2 Å². The van der Waals surface area contributed by atoms with Gasteiger partial charge in [-0.15, -0.1) is 0 Å². The molecule has 3 rings (SSSR count). The fraction of sp³-hybridized carbons (Fsp3) is 0.200. The SMILES string of the molecule is CC(C)C1=C(C(=O)O)C(c2ccc(F)cc2)NC(c2ccccc2)=N1. The van der Waals surface area contributed by atoms with E-state index in [1.54, 1.807) is 12.1 Å². The highest BCUT2D eigenvalue weighted by molar-refractivity contribution is 6.03. The average Bonchev–Trinajstić information content (AvgIpc) is 2.61. The number of halogens is 1. The number of aliphatic carboxylic acids is 1. The smallest absolute Gasteiger partial charge is 0.335 e. The van der Waals surface area contributed by atoms with Gasteiger partial charge >= 0.3 is 5.97 Å². The van der Waals surface area contributed by atoms with Gasteiger partial charge < -0.3 is 10.4 Å². The maximum atomic E-state index is 13.3. The second kappa shape index (κ2) is 6.89. The minimum absolute atomic E-state index is 0.0603. The third-order valence-corrected chi connectivity index (χ3v) is 4.11. The Balaban J connectivity index is 2.15. The summed E-state index contributed by atoms with van der Waals surface area (Å²) in [5.41, 5.74) is 2.28. The van der Waals surface area contributed by atoms with E-state index in [0.717, 1.165) is 5.56 Å². The second-order valence-electron chi connectivity index (χ2n) is 6.21. The molecular weight excluding hydrogens is 319 g/mol. The molecule has 1 atom stereocenters. The number of aliphatic imine (C=N–C) groups is 1. The van der Waals surface area contributed by atoms with Gasteiger partial charge in [0.05, 0.1) is 17.3 Å². The number of carbonyl (C=O) groups is 1. The van der Waals surface area contributed by atoms with E-state index in [0.29, 0.717) is 17.1 Å². The normalized spacial score (nSPS) is 17.3. The Morgan fingerprint density at radius 1 is 1.12 bits per heavy atom. The Kier molecular flexibility index (Phi) is 4.65. The van der Waals surface area contributed by atoms with E-state index in [9.17, 15) is 14.3 Å². The zero-order valence-corrected chi connectivity index (χ0v) is 14.0. The fourth-order valence-corrected chi connectivity index (χ4v) is 2.89. The first kappa shape index (κ1) is 16.9. The van der Waals surface area contributed by atoms with Crippen LogP contribution in [-0.4, -0.2) is 16.9 Å². The summed E-state index contributed by atoms with van der Waals surface area (Å²) in [5.74, 6) is -0.832. The van der Waals surface area contributed by atoms with Gasteiger partial charge in [0.1, 0.15) is 11.7 Å². The zero-order chi connectivity index (χ0) is 18.0. The van der Waals surface area contributed by atoms with Crippen molar-refractivity contribution in [3.05, 3.63) is 82.8 Å². The molecule has 2 aromatic carbocycles. The van der Waals surface area contributed by atoms with Crippen molar-refractivity contribution in [3.63, 3.8) is 0 Å². The first-order chi connectivity index (χ1) is 12.0. The molecule has 0 radical (unpaired) electrons. The lowest BCUT2D eigenvalue weighted by molar-refractivity contribution is -0.133. The molecule has 1 unspecified atom stereocenters. The van der Waals surface area contributed by atoms with Crippen LogP contribution >= 0.6 is 0 Å². The van der Waals surface area contributed by atoms with E-state index in [1.807, 2.05) is 44.2 Å². The zero-order valence-electron chi connectivity index (χ0n) is 14.0. The van der Waals surface area contributed by atoms with Crippen molar-refractivity contribution in [1.29, 1.82) is 0 Å². The van der Waals surface area contributed by atoms with Gasteiger partial charge in [-0.3, -0.25) is 0 Å². The molecule has 0 aromatic heterocycles. The number of nitrogens with zero attached hydrogens (tertiary/aromatic N) is 1. The third-order valence-electron chi connectivity index (χ3n) is 4.11. The largest absolute Gasteiger partial charge is 0.478 e. The van der Waals surface area contributed by atoms with Crippen LogP contribution in [0.25, 0.3) is 0 Å². The highest BCUT2D eigenvalue weighted by atomic mass is 19.1. The molecule has 0 saturated heterocycles. The van der Waals surface area contributed by atoms with E-state index in [1.165, 1.54) is 12.1 Å². The molecule has 0 amide bonds. The summed E-state index contributed by atoms with van der Waals surface area (Å²) in [4.78, 5) is 16.5. The Morgan fingerprint density at radius 2 is 1.76 bits per heavy atom. The second-order valence-corrected chi connectivity index (χ2v) is 6.21. The summed E-state index contributed by atoms with van der Waals surface area (Å²) >= 11 is 0. The van der Waals surface area contributed by atoms with Crippen LogP contribution in [-0.2, 0) is 4.79 Å². The van der Waals surface area contributed by atoms with Crippen LogP contribution in [0, 0.1) is 11.7 Å². The van der Waals surface area contributed by atoms with Crippen LogP contribution in [0.15, 0.2) is 70.9 Å². The van der Waals surface area contributed by atoms with Gasteiger partial charge in [-0.1, -0.05) is 56.3 Å². The van der Waals surface area contributed by atoms with Crippen molar-refractivity contribution in [2.24, 2.45) is 10.9 Å². The molecule has 1 heterocycles. The minimum Gasteiger partial charge on any atom is -0.478 e. The van der Waals surface area contributed by atoms with Gasteiger partial charge in [0.2, 0.25) is 0 Å². The molecule has 0 fully saturated rings.